The molecule has 6 heteroatoms. The van der Waals surface area contributed by atoms with Crippen molar-refractivity contribution in [3.63, 3.8) is 0 Å². The van der Waals surface area contributed by atoms with Crippen LogP contribution < -0.4 is 10.6 Å². The maximum Gasteiger partial charge on any atom is 0.248 e. The van der Waals surface area contributed by atoms with E-state index >= 15 is 0 Å². The molecule has 1 aromatic carbocycles. The molecule has 128 valence electrons. The molecule has 0 aliphatic carbocycles. The molecule has 0 heterocycles. The maximum atomic E-state index is 11.8. The lowest BCUT2D eigenvalue weighted by Crippen LogP contribution is -2.40. The minimum Gasteiger partial charge on any atom is -0.379 e. The number of hydrogen-bond donors (Lipinski definition) is 2. The van der Waals surface area contributed by atoms with Crippen LogP contribution in [0.5, 0.6) is 0 Å². The van der Waals surface area contributed by atoms with Gasteiger partial charge in [0.05, 0.1) is 19.6 Å². The third-order valence-electron chi connectivity index (χ3n) is 3.12. The average Bonchev–Trinajstić information content (AvgIpc) is 2.56. The molecule has 0 aliphatic rings. The van der Waals surface area contributed by atoms with Crippen molar-refractivity contribution in [2.45, 2.75) is 26.4 Å². The van der Waals surface area contributed by atoms with E-state index in [2.05, 4.69) is 10.6 Å². The third kappa shape index (κ3) is 8.95. The number of rotatable bonds is 11. The molecule has 0 bridgehead atoms. The first-order valence-electron chi connectivity index (χ1n) is 7.91. The van der Waals surface area contributed by atoms with Crippen LogP contribution in [0, 0.1) is 0 Å². The van der Waals surface area contributed by atoms with Crippen LogP contribution in [0.1, 0.15) is 19.4 Å². The molecule has 1 aromatic rings. The van der Waals surface area contributed by atoms with Crippen LogP contribution in [-0.2, 0) is 25.5 Å². The molecule has 0 spiro atoms. The van der Waals surface area contributed by atoms with Gasteiger partial charge in [-0.3, -0.25) is 9.59 Å². The van der Waals surface area contributed by atoms with E-state index in [0.29, 0.717) is 39.3 Å². The summed E-state index contributed by atoms with van der Waals surface area (Å²) >= 11 is 0. The molecule has 1 rings (SSSR count). The van der Waals surface area contributed by atoms with Gasteiger partial charge in [0.15, 0.2) is 0 Å². The quantitative estimate of drug-likeness (QED) is 0.594. The second kappa shape index (κ2) is 11.6. The zero-order valence-corrected chi connectivity index (χ0v) is 13.8. The van der Waals surface area contributed by atoms with E-state index in [4.69, 9.17) is 9.47 Å². The lowest BCUT2D eigenvalue weighted by atomic mass is 10.1. The van der Waals surface area contributed by atoms with Crippen LogP contribution in [0.2, 0.25) is 0 Å². The zero-order chi connectivity index (χ0) is 16.9. The SMILES string of the molecule is CCOCCO[C@@H](C)C(=O)NCCNC(=O)Cc1ccccc1. The molecular formula is C17H26N2O4. The minimum absolute atomic E-state index is 0.0635. The van der Waals surface area contributed by atoms with E-state index in [9.17, 15) is 9.59 Å². The van der Waals surface area contributed by atoms with Gasteiger partial charge in [0.2, 0.25) is 11.8 Å². The van der Waals surface area contributed by atoms with Gasteiger partial charge < -0.3 is 20.1 Å². The smallest absolute Gasteiger partial charge is 0.248 e. The Balaban J connectivity index is 2.09. The standard InChI is InChI=1S/C17H26N2O4/c1-3-22-11-12-23-14(2)17(21)19-10-9-18-16(20)13-15-7-5-4-6-8-15/h4-8,14H,3,9-13H2,1-2H3,(H,18,20)(H,19,21)/t14-/m0/s1. The first kappa shape index (κ1) is 19.1. The minimum atomic E-state index is -0.532. The summed E-state index contributed by atoms with van der Waals surface area (Å²) in [6.45, 7) is 5.85. The van der Waals surface area contributed by atoms with E-state index in [1.54, 1.807) is 6.92 Å². The predicted molar refractivity (Wildman–Crippen MR) is 88.1 cm³/mol. The number of amides is 2. The second-order valence-corrected chi connectivity index (χ2v) is 5.01. The van der Waals surface area contributed by atoms with Gasteiger partial charge in [-0.15, -0.1) is 0 Å². The van der Waals surface area contributed by atoms with Crippen molar-refractivity contribution >= 4 is 11.8 Å². The fraction of sp³-hybridized carbons (Fsp3) is 0.529. The van der Waals surface area contributed by atoms with Crippen LogP contribution in [0.25, 0.3) is 0 Å². The lowest BCUT2D eigenvalue weighted by Gasteiger charge is -2.13. The third-order valence-corrected chi connectivity index (χ3v) is 3.12. The highest BCUT2D eigenvalue weighted by Crippen LogP contribution is 1.98. The molecule has 0 saturated carbocycles. The molecule has 0 saturated heterocycles. The monoisotopic (exact) mass is 322 g/mol. The lowest BCUT2D eigenvalue weighted by molar-refractivity contribution is -0.132. The highest BCUT2D eigenvalue weighted by Gasteiger charge is 2.12. The zero-order valence-electron chi connectivity index (χ0n) is 13.8. The Labute approximate surface area is 137 Å². The van der Waals surface area contributed by atoms with Crippen LogP contribution in [0.4, 0.5) is 0 Å². The van der Waals surface area contributed by atoms with E-state index in [0.717, 1.165) is 5.56 Å². The van der Waals surface area contributed by atoms with E-state index in [-0.39, 0.29) is 11.8 Å². The molecule has 0 radical (unpaired) electrons. The van der Waals surface area contributed by atoms with Crippen LogP contribution in [-0.4, -0.2) is 50.8 Å². The van der Waals surface area contributed by atoms with Crippen LogP contribution in [0.3, 0.4) is 0 Å². The summed E-state index contributed by atoms with van der Waals surface area (Å²) in [6.07, 6.45) is -0.193. The molecule has 0 unspecified atom stereocenters. The number of carbonyl (C=O) groups is 2. The van der Waals surface area contributed by atoms with Crippen LogP contribution in [0.15, 0.2) is 30.3 Å². The summed E-state index contributed by atoms with van der Waals surface area (Å²) in [5.41, 5.74) is 0.963. The summed E-state index contributed by atoms with van der Waals surface area (Å²) in [5, 5.41) is 5.49. The molecule has 1 atom stereocenters. The Hall–Kier alpha value is -1.92. The van der Waals surface area contributed by atoms with Gasteiger partial charge in [-0.05, 0) is 19.4 Å². The molecule has 0 fully saturated rings. The largest absolute Gasteiger partial charge is 0.379 e. The maximum absolute atomic E-state index is 11.8. The molecule has 6 nitrogen and oxygen atoms in total. The Morgan fingerprint density at radius 1 is 1.09 bits per heavy atom. The van der Waals surface area contributed by atoms with Crippen molar-refractivity contribution < 1.29 is 19.1 Å². The van der Waals surface area contributed by atoms with Crippen molar-refractivity contribution in [1.82, 2.24) is 10.6 Å². The molecule has 2 amide bonds. The van der Waals surface area contributed by atoms with Gasteiger partial charge >= 0.3 is 0 Å². The fourth-order valence-corrected chi connectivity index (χ4v) is 1.88. The summed E-state index contributed by atoms with van der Waals surface area (Å²) < 4.78 is 10.5. The van der Waals surface area contributed by atoms with Gasteiger partial charge in [-0.2, -0.15) is 0 Å². The van der Waals surface area contributed by atoms with Crippen molar-refractivity contribution in [3.8, 4) is 0 Å². The number of ether oxygens (including phenoxy) is 2. The Morgan fingerprint density at radius 2 is 1.78 bits per heavy atom. The van der Waals surface area contributed by atoms with Gasteiger partial charge in [0, 0.05) is 19.7 Å². The number of carbonyl (C=O) groups excluding carboxylic acids is 2. The summed E-state index contributed by atoms with van der Waals surface area (Å²) in [7, 11) is 0. The second-order valence-electron chi connectivity index (χ2n) is 5.01. The highest BCUT2D eigenvalue weighted by atomic mass is 16.5. The first-order valence-corrected chi connectivity index (χ1v) is 7.91. The van der Waals surface area contributed by atoms with Crippen molar-refractivity contribution in [1.29, 1.82) is 0 Å². The van der Waals surface area contributed by atoms with Gasteiger partial charge in [-0.25, -0.2) is 0 Å². The molecule has 0 aromatic heterocycles. The molecular weight excluding hydrogens is 296 g/mol. The Bertz CT molecular complexity index is 465. The summed E-state index contributed by atoms with van der Waals surface area (Å²) in [5.74, 6) is -0.259. The summed E-state index contributed by atoms with van der Waals surface area (Å²) in [6, 6.07) is 9.52. The highest BCUT2D eigenvalue weighted by molar-refractivity contribution is 5.80. The number of hydrogen-bond acceptors (Lipinski definition) is 4. The Kier molecular flexibility index (Phi) is 9.66. The fourth-order valence-electron chi connectivity index (χ4n) is 1.88. The average molecular weight is 322 g/mol. The predicted octanol–water partition coefficient (Wildman–Crippen LogP) is 0.903. The van der Waals surface area contributed by atoms with Crippen molar-refractivity contribution in [2.75, 3.05) is 32.9 Å². The topological polar surface area (TPSA) is 76.7 Å². The van der Waals surface area contributed by atoms with Gasteiger partial charge in [-0.1, -0.05) is 30.3 Å². The Morgan fingerprint density at radius 3 is 2.48 bits per heavy atom. The van der Waals surface area contributed by atoms with Crippen molar-refractivity contribution in [2.24, 2.45) is 0 Å². The van der Waals surface area contributed by atoms with Crippen molar-refractivity contribution in [3.05, 3.63) is 35.9 Å². The van der Waals surface area contributed by atoms with E-state index in [1.807, 2.05) is 37.3 Å². The van der Waals surface area contributed by atoms with E-state index in [1.165, 1.54) is 0 Å². The summed E-state index contributed by atoms with van der Waals surface area (Å²) in [4.78, 5) is 23.5. The first-order chi connectivity index (χ1) is 11.1. The normalized spacial score (nSPS) is 11.7. The molecule has 23 heavy (non-hydrogen) atoms. The molecule has 0 aliphatic heterocycles. The number of benzene rings is 1. The van der Waals surface area contributed by atoms with Crippen LogP contribution >= 0.6 is 0 Å². The number of nitrogens with one attached hydrogen (secondary N) is 2. The van der Waals surface area contributed by atoms with E-state index < -0.39 is 6.10 Å². The van der Waals surface area contributed by atoms with Gasteiger partial charge in [0.25, 0.3) is 0 Å². The molecule has 2 N–H and O–H groups in total. The van der Waals surface area contributed by atoms with Gasteiger partial charge in [0.1, 0.15) is 6.10 Å².